The minimum absolute atomic E-state index is 0.0580. The van der Waals surface area contributed by atoms with Crippen molar-refractivity contribution in [2.75, 3.05) is 0 Å². The average molecular weight is 525 g/mol. The summed E-state index contributed by atoms with van der Waals surface area (Å²) in [6.45, 7) is 1.60. The van der Waals surface area contributed by atoms with E-state index in [1.807, 2.05) is 36.4 Å². The number of carbonyl (C=O) groups is 3. The molecule has 4 fully saturated rings. The average Bonchev–Trinajstić information content (AvgIpc) is 2.92. The van der Waals surface area contributed by atoms with Crippen molar-refractivity contribution in [2.24, 2.45) is 17.8 Å². The highest BCUT2D eigenvalue weighted by atomic mass is 16.5. The summed E-state index contributed by atoms with van der Waals surface area (Å²) in [5.74, 6) is 1.70. The van der Waals surface area contributed by atoms with Crippen molar-refractivity contribution < 1.29 is 28.6 Å². The van der Waals surface area contributed by atoms with Crippen LogP contribution in [0, 0.1) is 17.8 Å². The number of hydrogen-bond donors (Lipinski definition) is 0. The van der Waals surface area contributed by atoms with Gasteiger partial charge in [-0.25, -0.2) is 9.59 Å². The molecule has 0 amide bonds. The van der Waals surface area contributed by atoms with Crippen molar-refractivity contribution in [3.05, 3.63) is 95.1 Å². The first-order chi connectivity index (χ1) is 18.9. The molecule has 0 spiro atoms. The fraction of sp³-hybridized carbons (Fsp3) is 0.364. The fourth-order valence-corrected chi connectivity index (χ4v) is 7.39. The molecule has 0 saturated heterocycles. The highest BCUT2D eigenvalue weighted by Gasteiger charge is 2.52. The summed E-state index contributed by atoms with van der Waals surface area (Å²) >= 11 is 0. The summed E-state index contributed by atoms with van der Waals surface area (Å²) in [5, 5.41) is 0. The van der Waals surface area contributed by atoms with Gasteiger partial charge in [-0.3, -0.25) is 4.79 Å². The van der Waals surface area contributed by atoms with Crippen LogP contribution in [-0.2, 0) is 21.6 Å². The van der Waals surface area contributed by atoms with E-state index in [1.54, 1.807) is 36.4 Å². The van der Waals surface area contributed by atoms with Crippen LogP contribution in [0.3, 0.4) is 0 Å². The highest BCUT2D eigenvalue weighted by Crippen LogP contribution is 2.62. The molecule has 200 valence electrons. The molecule has 0 atom stereocenters. The normalized spacial score (nSPS) is 24.7. The molecule has 6 nitrogen and oxygen atoms in total. The standard InChI is InChI=1S/C33H32O6/c1-21(34)38-30-12-9-27(16-29(30)33-17-23-13-24(18-33)15-25(14-23)19-33)32(36)39-28-10-7-26(8-11-28)31(35)37-20-22-5-3-2-4-6-22/h2-12,16,23-25H,13-15,17-20H2,1H3. The Morgan fingerprint density at radius 3 is 1.97 bits per heavy atom. The third kappa shape index (κ3) is 5.33. The molecule has 6 heteroatoms. The molecule has 0 heterocycles. The van der Waals surface area contributed by atoms with Crippen molar-refractivity contribution >= 4 is 17.9 Å². The molecule has 0 aromatic heterocycles. The zero-order chi connectivity index (χ0) is 27.0. The molecule has 0 radical (unpaired) electrons. The minimum Gasteiger partial charge on any atom is -0.457 e. The van der Waals surface area contributed by atoms with Gasteiger partial charge in [0.25, 0.3) is 0 Å². The van der Waals surface area contributed by atoms with Gasteiger partial charge in [-0.05, 0) is 110 Å². The van der Waals surface area contributed by atoms with Crippen LogP contribution in [0.15, 0.2) is 72.8 Å². The molecule has 4 bridgehead atoms. The predicted molar refractivity (Wildman–Crippen MR) is 145 cm³/mol. The van der Waals surface area contributed by atoms with Crippen LogP contribution in [0.1, 0.15) is 77.3 Å². The summed E-state index contributed by atoms with van der Waals surface area (Å²) in [7, 11) is 0. The first-order valence-electron chi connectivity index (χ1n) is 13.7. The summed E-state index contributed by atoms with van der Waals surface area (Å²) in [6, 6.07) is 21.1. The van der Waals surface area contributed by atoms with Crippen molar-refractivity contribution in [1.29, 1.82) is 0 Å². The second-order valence-corrected chi connectivity index (χ2v) is 11.5. The van der Waals surface area contributed by atoms with E-state index in [0.29, 0.717) is 40.4 Å². The molecule has 0 unspecified atom stereocenters. The second-order valence-electron chi connectivity index (χ2n) is 11.5. The maximum absolute atomic E-state index is 13.2. The van der Waals surface area contributed by atoms with Crippen molar-refractivity contribution in [3.63, 3.8) is 0 Å². The lowest BCUT2D eigenvalue weighted by atomic mass is 9.48. The molecular formula is C33H32O6. The van der Waals surface area contributed by atoms with E-state index in [-0.39, 0.29) is 18.0 Å². The smallest absolute Gasteiger partial charge is 0.343 e. The van der Waals surface area contributed by atoms with Crippen LogP contribution in [0.2, 0.25) is 0 Å². The van der Waals surface area contributed by atoms with Crippen LogP contribution < -0.4 is 9.47 Å². The zero-order valence-corrected chi connectivity index (χ0v) is 22.1. The Morgan fingerprint density at radius 1 is 0.744 bits per heavy atom. The van der Waals surface area contributed by atoms with Gasteiger partial charge in [-0.1, -0.05) is 30.3 Å². The van der Waals surface area contributed by atoms with E-state index in [9.17, 15) is 14.4 Å². The van der Waals surface area contributed by atoms with Gasteiger partial charge in [0.2, 0.25) is 0 Å². The number of esters is 3. The Labute approximate surface area is 228 Å². The quantitative estimate of drug-likeness (QED) is 0.254. The summed E-state index contributed by atoms with van der Waals surface area (Å²) in [5.41, 5.74) is 2.60. The SMILES string of the molecule is CC(=O)Oc1ccc(C(=O)Oc2ccc(C(=O)OCc3ccccc3)cc2)cc1C12CC3CC(CC(C3)C1)C2. The molecule has 39 heavy (non-hydrogen) atoms. The van der Waals surface area contributed by atoms with E-state index in [4.69, 9.17) is 14.2 Å². The van der Waals surface area contributed by atoms with E-state index in [0.717, 1.165) is 30.4 Å². The zero-order valence-electron chi connectivity index (χ0n) is 22.1. The van der Waals surface area contributed by atoms with Gasteiger partial charge in [0, 0.05) is 12.5 Å². The van der Waals surface area contributed by atoms with Gasteiger partial charge in [-0.2, -0.15) is 0 Å². The van der Waals surface area contributed by atoms with Gasteiger partial charge in [0.15, 0.2) is 0 Å². The molecular weight excluding hydrogens is 492 g/mol. The Bertz CT molecular complexity index is 1360. The van der Waals surface area contributed by atoms with Gasteiger partial charge < -0.3 is 14.2 Å². The first-order valence-corrected chi connectivity index (χ1v) is 13.7. The van der Waals surface area contributed by atoms with E-state index in [2.05, 4.69) is 0 Å². The van der Waals surface area contributed by atoms with E-state index in [1.165, 1.54) is 26.2 Å². The van der Waals surface area contributed by atoms with Crippen LogP contribution in [0.25, 0.3) is 0 Å². The highest BCUT2D eigenvalue weighted by molar-refractivity contribution is 5.92. The van der Waals surface area contributed by atoms with Crippen LogP contribution in [0.4, 0.5) is 0 Å². The summed E-state index contributed by atoms with van der Waals surface area (Å²) in [6.07, 6.45) is 7.10. The molecule has 0 N–H and O–H groups in total. The second kappa shape index (κ2) is 10.3. The summed E-state index contributed by atoms with van der Waals surface area (Å²) in [4.78, 5) is 37.5. The molecule has 0 aliphatic heterocycles. The molecule has 3 aromatic carbocycles. The van der Waals surface area contributed by atoms with Gasteiger partial charge in [0.1, 0.15) is 18.1 Å². The lowest BCUT2D eigenvalue weighted by Crippen LogP contribution is -2.48. The Balaban J connectivity index is 1.18. The number of carbonyl (C=O) groups excluding carboxylic acids is 3. The summed E-state index contributed by atoms with van der Waals surface area (Å²) < 4.78 is 16.7. The monoisotopic (exact) mass is 524 g/mol. The van der Waals surface area contributed by atoms with E-state index < -0.39 is 11.9 Å². The molecule has 3 aromatic rings. The lowest BCUT2D eigenvalue weighted by molar-refractivity contribution is -0.132. The maximum Gasteiger partial charge on any atom is 0.343 e. The topological polar surface area (TPSA) is 78.9 Å². The Morgan fingerprint density at radius 2 is 1.36 bits per heavy atom. The number of benzene rings is 3. The third-order valence-corrected chi connectivity index (χ3v) is 8.59. The number of ether oxygens (including phenoxy) is 3. The molecule has 4 saturated carbocycles. The van der Waals surface area contributed by atoms with Crippen LogP contribution in [-0.4, -0.2) is 17.9 Å². The lowest BCUT2D eigenvalue weighted by Gasteiger charge is -2.57. The number of hydrogen-bond acceptors (Lipinski definition) is 6. The Kier molecular flexibility index (Phi) is 6.71. The number of rotatable bonds is 7. The molecule has 7 rings (SSSR count). The van der Waals surface area contributed by atoms with Crippen LogP contribution >= 0.6 is 0 Å². The largest absolute Gasteiger partial charge is 0.457 e. The van der Waals surface area contributed by atoms with Gasteiger partial charge >= 0.3 is 17.9 Å². The van der Waals surface area contributed by atoms with Crippen molar-refractivity contribution in [3.8, 4) is 11.5 Å². The molecule has 4 aliphatic carbocycles. The minimum atomic E-state index is -0.491. The maximum atomic E-state index is 13.2. The Hall–Kier alpha value is -3.93. The first kappa shape index (κ1) is 25.4. The van der Waals surface area contributed by atoms with E-state index >= 15 is 0 Å². The van der Waals surface area contributed by atoms with Crippen molar-refractivity contribution in [2.45, 2.75) is 57.5 Å². The van der Waals surface area contributed by atoms with Crippen LogP contribution in [0.5, 0.6) is 11.5 Å². The third-order valence-electron chi connectivity index (χ3n) is 8.59. The predicted octanol–water partition coefficient (Wildman–Crippen LogP) is 6.66. The van der Waals surface area contributed by atoms with Gasteiger partial charge in [0.05, 0.1) is 11.1 Å². The fourth-order valence-electron chi connectivity index (χ4n) is 7.39. The van der Waals surface area contributed by atoms with Gasteiger partial charge in [-0.15, -0.1) is 0 Å². The molecule has 4 aliphatic rings. The van der Waals surface area contributed by atoms with Crippen molar-refractivity contribution in [1.82, 2.24) is 0 Å².